The van der Waals surface area contributed by atoms with Crippen molar-refractivity contribution in [2.45, 2.75) is 46.6 Å². The van der Waals surface area contributed by atoms with Crippen LogP contribution in [0.5, 0.6) is 0 Å². The van der Waals surface area contributed by atoms with Crippen molar-refractivity contribution in [3.05, 3.63) is 0 Å². The van der Waals surface area contributed by atoms with Gasteiger partial charge in [0.15, 0.2) is 0 Å². The van der Waals surface area contributed by atoms with E-state index in [1.807, 2.05) is 0 Å². The summed E-state index contributed by atoms with van der Waals surface area (Å²) in [6.07, 6.45) is 1.77. The maximum absolute atomic E-state index is 11.6. The van der Waals surface area contributed by atoms with Crippen LogP contribution in [0, 0.1) is 17.3 Å². The highest BCUT2D eigenvalue weighted by atomic mass is 16.4. The largest absolute Gasteiger partial charge is 0.480 e. The van der Waals surface area contributed by atoms with Crippen LogP contribution in [0.1, 0.15) is 40.5 Å². The molecular formula is C13H24N2O3. The quantitative estimate of drug-likeness (QED) is 0.702. The summed E-state index contributed by atoms with van der Waals surface area (Å²) in [5.41, 5.74) is 0.121. The summed E-state index contributed by atoms with van der Waals surface area (Å²) < 4.78 is 0. The highest BCUT2D eigenvalue weighted by Gasteiger charge is 2.37. The normalized spacial score (nSPS) is 18.9. The Morgan fingerprint density at radius 2 is 1.89 bits per heavy atom. The fourth-order valence-corrected chi connectivity index (χ4v) is 1.56. The fourth-order valence-electron chi connectivity index (χ4n) is 1.56. The van der Waals surface area contributed by atoms with Crippen molar-refractivity contribution in [2.75, 3.05) is 6.54 Å². The second-order valence-electron chi connectivity index (χ2n) is 6.27. The Morgan fingerprint density at radius 3 is 2.28 bits per heavy atom. The number of carbonyl (C=O) groups is 2. The van der Waals surface area contributed by atoms with E-state index in [0.717, 1.165) is 12.8 Å². The number of nitrogens with one attached hydrogen (secondary N) is 2. The summed E-state index contributed by atoms with van der Waals surface area (Å²) in [6, 6.07) is -1.12. The van der Waals surface area contributed by atoms with Crippen molar-refractivity contribution < 1.29 is 14.7 Å². The standard InChI is InChI=1S/C13H24N2O3/c1-8(13(2,3)4)7-14-12(18)15-10(11(16)17)9-5-6-9/h8-10H,5-7H2,1-4H3,(H,16,17)(H2,14,15,18). The summed E-state index contributed by atoms with van der Waals surface area (Å²) in [5, 5.41) is 14.3. The molecular weight excluding hydrogens is 232 g/mol. The lowest BCUT2D eigenvalue weighted by Gasteiger charge is -2.27. The molecule has 0 heterocycles. The van der Waals surface area contributed by atoms with Crippen molar-refractivity contribution in [1.29, 1.82) is 0 Å². The van der Waals surface area contributed by atoms with Gasteiger partial charge in [-0.3, -0.25) is 0 Å². The van der Waals surface area contributed by atoms with Gasteiger partial charge in [-0.25, -0.2) is 9.59 Å². The number of urea groups is 1. The summed E-state index contributed by atoms with van der Waals surface area (Å²) in [7, 11) is 0. The second-order valence-corrected chi connectivity index (χ2v) is 6.27. The summed E-state index contributed by atoms with van der Waals surface area (Å²) in [5.74, 6) is -0.516. The molecule has 1 aliphatic carbocycles. The molecule has 2 amide bonds. The molecule has 0 aromatic carbocycles. The fraction of sp³-hybridized carbons (Fsp3) is 0.846. The zero-order chi connectivity index (χ0) is 13.9. The molecule has 1 aliphatic rings. The number of hydrogen-bond donors (Lipinski definition) is 3. The van der Waals surface area contributed by atoms with Crippen LogP contribution in [0.3, 0.4) is 0 Å². The van der Waals surface area contributed by atoms with Crippen LogP contribution in [0.2, 0.25) is 0 Å². The number of carboxylic acid groups (broad SMARTS) is 1. The molecule has 0 aliphatic heterocycles. The highest BCUT2D eigenvalue weighted by Crippen LogP contribution is 2.32. The first kappa shape index (κ1) is 14.8. The van der Waals surface area contributed by atoms with Crippen molar-refractivity contribution in [3.63, 3.8) is 0 Å². The Morgan fingerprint density at radius 1 is 1.33 bits per heavy atom. The van der Waals surface area contributed by atoms with E-state index in [9.17, 15) is 9.59 Å². The van der Waals surface area contributed by atoms with E-state index in [0.29, 0.717) is 12.5 Å². The number of aliphatic carboxylic acids is 1. The van der Waals surface area contributed by atoms with Crippen molar-refractivity contribution in [1.82, 2.24) is 10.6 Å². The Bertz CT molecular complexity index is 319. The predicted octanol–water partition coefficient (Wildman–Crippen LogP) is 1.83. The molecule has 0 spiro atoms. The maximum atomic E-state index is 11.6. The van der Waals surface area contributed by atoms with Gasteiger partial charge in [-0.15, -0.1) is 0 Å². The van der Waals surface area contributed by atoms with Gasteiger partial charge < -0.3 is 15.7 Å². The average molecular weight is 256 g/mol. The molecule has 1 fully saturated rings. The molecule has 2 atom stereocenters. The maximum Gasteiger partial charge on any atom is 0.326 e. The van der Waals surface area contributed by atoms with E-state index < -0.39 is 12.0 Å². The van der Waals surface area contributed by atoms with E-state index in [1.165, 1.54) is 0 Å². The van der Waals surface area contributed by atoms with Gasteiger partial charge in [0.25, 0.3) is 0 Å². The van der Waals surface area contributed by atoms with Crippen LogP contribution in [-0.4, -0.2) is 29.7 Å². The molecule has 1 saturated carbocycles. The molecule has 0 aromatic heterocycles. The molecule has 3 N–H and O–H groups in total. The van der Waals surface area contributed by atoms with Gasteiger partial charge in [-0.2, -0.15) is 0 Å². The Balaban J connectivity index is 2.35. The molecule has 5 heteroatoms. The van der Waals surface area contributed by atoms with Gasteiger partial charge >= 0.3 is 12.0 Å². The lowest BCUT2D eigenvalue weighted by atomic mass is 9.82. The van der Waals surface area contributed by atoms with Crippen LogP contribution >= 0.6 is 0 Å². The third kappa shape index (κ3) is 4.55. The number of hydrogen-bond acceptors (Lipinski definition) is 2. The monoisotopic (exact) mass is 256 g/mol. The SMILES string of the molecule is CC(CNC(=O)NC(C(=O)O)C1CC1)C(C)(C)C. The van der Waals surface area contributed by atoms with Crippen LogP contribution < -0.4 is 10.6 Å². The smallest absolute Gasteiger partial charge is 0.326 e. The van der Waals surface area contributed by atoms with Gasteiger partial charge in [-0.1, -0.05) is 27.7 Å². The van der Waals surface area contributed by atoms with E-state index in [2.05, 4.69) is 38.3 Å². The number of carbonyl (C=O) groups excluding carboxylic acids is 1. The first-order valence-electron chi connectivity index (χ1n) is 6.49. The third-order valence-electron chi connectivity index (χ3n) is 3.69. The first-order valence-corrected chi connectivity index (χ1v) is 6.49. The minimum Gasteiger partial charge on any atom is -0.480 e. The lowest BCUT2D eigenvalue weighted by Crippen LogP contribution is -2.48. The zero-order valence-corrected chi connectivity index (χ0v) is 11.6. The first-order chi connectivity index (χ1) is 8.21. The molecule has 1 rings (SSSR count). The second kappa shape index (κ2) is 5.59. The lowest BCUT2D eigenvalue weighted by molar-refractivity contribution is -0.139. The van der Waals surface area contributed by atoms with Crippen LogP contribution in [0.4, 0.5) is 4.79 Å². The van der Waals surface area contributed by atoms with Crippen LogP contribution in [0.15, 0.2) is 0 Å². The van der Waals surface area contributed by atoms with E-state index in [1.54, 1.807) is 0 Å². The van der Waals surface area contributed by atoms with Gasteiger partial charge in [0.1, 0.15) is 6.04 Å². The third-order valence-corrected chi connectivity index (χ3v) is 3.69. The Hall–Kier alpha value is -1.26. The molecule has 0 aromatic rings. The predicted molar refractivity (Wildman–Crippen MR) is 69.3 cm³/mol. The van der Waals surface area contributed by atoms with Crippen molar-refractivity contribution >= 4 is 12.0 Å². The van der Waals surface area contributed by atoms with Crippen molar-refractivity contribution in [2.24, 2.45) is 17.3 Å². The van der Waals surface area contributed by atoms with Crippen molar-refractivity contribution in [3.8, 4) is 0 Å². The molecule has 0 saturated heterocycles. The summed E-state index contributed by atoms with van der Waals surface area (Å²) in [6.45, 7) is 8.95. The van der Waals surface area contributed by atoms with E-state index in [4.69, 9.17) is 5.11 Å². The van der Waals surface area contributed by atoms with Crippen LogP contribution in [0.25, 0.3) is 0 Å². The highest BCUT2D eigenvalue weighted by molar-refractivity contribution is 5.83. The molecule has 18 heavy (non-hydrogen) atoms. The van der Waals surface area contributed by atoms with Gasteiger partial charge in [0.05, 0.1) is 0 Å². The van der Waals surface area contributed by atoms with Crippen LogP contribution in [-0.2, 0) is 4.79 Å². The number of amides is 2. The Labute approximate surface area is 108 Å². The van der Waals surface area contributed by atoms with Gasteiger partial charge in [0.2, 0.25) is 0 Å². The zero-order valence-electron chi connectivity index (χ0n) is 11.6. The number of rotatable bonds is 5. The summed E-state index contributed by atoms with van der Waals surface area (Å²) in [4.78, 5) is 22.6. The summed E-state index contributed by atoms with van der Waals surface area (Å²) >= 11 is 0. The number of carboxylic acids is 1. The minimum absolute atomic E-state index is 0.105. The van der Waals surface area contributed by atoms with E-state index >= 15 is 0 Å². The molecule has 2 unspecified atom stereocenters. The Kier molecular flexibility index (Phi) is 4.59. The molecule has 104 valence electrons. The molecule has 0 radical (unpaired) electrons. The van der Waals surface area contributed by atoms with Gasteiger partial charge in [-0.05, 0) is 30.1 Å². The molecule has 5 nitrogen and oxygen atoms in total. The average Bonchev–Trinajstić information content (AvgIpc) is 3.04. The van der Waals surface area contributed by atoms with E-state index in [-0.39, 0.29) is 17.4 Å². The minimum atomic E-state index is -0.948. The molecule has 0 bridgehead atoms. The topological polar surface area (TPSA) is 78.4 Å². The van der Waals surface area contributed by atoms with Gasteiger partial charge in [0, 0.05) is 6.54 Å².